The number of nitriles is 1. The second-order valence-electron chi connectivity index (χ2n) is 4.38. The molecule has 23 heavy (non-hydrogen) atoms. The molecular weight excluding hydrogens is 322 g/mol. The molecule has 7 nitrogen and oxygen atoms in total. The Morgan fingerprint density at radius 3 is 2.13 bits per heavy atom. The highest BCUT2D eigenvalue weighted by Gasteiger charge is 2.34. The summed E-state index contributed by atoms with van der Waals surface area (Å²) in [6.45, 7) is 0. The Hall–Kier alpha value is -3.05. The number of hydrogen-bond acceptors (Lipinski definition) is 8. The molecule has 0 saturated heterocycles. The minimum absolute atomic E-state index is 0.0739. The average Bonchev–Trinajstić information content (AvgIpc) is 2.96. The summed E-state index contributed by atoms with van der Waals surface area (Å²) in [5.41, 5.74) is 0.374. The van der Waals surface area contributed by atoms with Crippen LogP contribution in [0.4, 0.5) is 0 Å². The number of rotatable bonds is 2. The summed E-state index contributed by atoms with van der Waals surface area (Å²) in [5, 5.41) is 8.94. The maximum Gasteiger partial charge on any atom is 0.352 e. The van der Waals surface area contributed by atoms with Gasteiger partial charge in [-0.15, -0.1) is 11.3 Å². The lowest BCUT2D eigenvalue weighted by Gasteiger charge is -2.19. The Morgan fingerprint density at radius 1 is 1.04 bits per heavy atom. The Balaban J connectivity index is 2.15. The van der Waals surface area contributed by atoms with E-state index in [4.69, 9.17) is 24.2 Å². The number of carbonyl (C=O) groups is 2. The van der Waals surface area contributed by atoms with Crippen molar-refractivity contribution in [3.8, 4) is 29.1 Å². The van der Waals surface area contributed by atoms with Crippen LogP contribution in [0.5, 0.6) is 23.0 Å². The second kappa shape index (κ2) is 5.62. The Kier molecular flexibility index (Phi) is 3.64. The van der Waals surface area contributed by atoms with E-state index in [0.717, 1.165) is 11.3 Å². The fourth-order valence-electron chi connectivity index (χ4n) is 2.00. The van der Waals surface area contributed by atoms with Gasteiger partial charge in [0.2, 0.25) is 0 Å². The molecule has 1 aliphatic rings. The zero-order valence-electron chi connectivity index (χ0n) is 12.0. The number of ether oxygens (including phenoxy) is 4. The second-order valence-corrected chi connectivity index (χ2v) is 5.40. The van der Waals surface area contributed by atoms with Crippen LogP contribution in [0, 0.1) is 11.3 Å². The number of nitrogens with zero attached hydrogens (tertiary/aromatic N) is 1. The first kappa shape index (κ1) is 14.9. The van der Waals surface area contributed by atoms with Gasteiger partial charge in [-0.3, -0.25) is 0 Å². The third-order valence-corrected chi connectivity index (χ3v) is 4.17. The smallest absolute Gasteiger partial charge is 0.352 e. The standard InChI is InChI=1S/C15H9NO6S/c1-19-14(17)12-10-11(13(23-12)15(18)20-2)22-9-5-7(6-16)3-4-8(9)21-10/h3-5H,1-2H3. The van der Waals surface area contributed by atoms with E-state index in [0.29, 0.717) is 11.3 Å². The molecule has 2 aromatic rings. The van der Waals surface area contributed by atoms with Crippen LogP contribution in [0.2, 0.25) is 0 Å². The van der Waals surface area contributed by atoms with Crippen LogP contribution in [-0.4, -0.2) is 26.2 Å². The summed E-state index contributed by atoms with van der Waals surface area (Å²) in [5.74, 6) is -0.539. The Bertz CT molecular complexity index is 864. The topological polar surface area (TPSA) is 94.9 Å². The highest BCUT2D eigenvalue weighted by Crippen LogP contribution is 2.52. The molecule has 0 unspecified atom stereocenters. The van der Waals surface area contributed by atoms with Crippen molar-refractivity contribution in [3.63, 3.8) is 0 Å². The first-order valence-corrected chi connectivity index (χ1v) is 7.14. The molecule has 0 bridgehead atoms. The first-order valence-electron chi connectivity index (χ1n) is 6.32. The number of fused-ring (bicyclic) bond motifs is 2. The fraction of sp³-hybridized carbons (Fsp3) is 0.133. The van der Waals surface area contributed by atoms with Crippen LogP contribution in [0.1, 0.15) is 24.9 Å². The summed E-state index contributed by atoms with van der Waals surface area (Å²) in [6.07, 6.45) is 0. The maximum absolute atomic E-state index is 11.9. The molecule has 0 atom stereocenters. The molecule has 1 aromatic carbocycles. The van der Waals surface area contributed by atoms with Crippen molar-refractivity contribution in [2.75, 3.05) is 14.2 Å². The Labute approximate surface area is 134 Å². The molecule has 2 heterocycles. The first-order chi connectivity index (χ1) is 11.1. The van der Waals surface area contributed by atoms with Crippen molar-refractivity contribution in [1.29, 1.82) is 5.26 Å². The van der Waals surface area contributed by atoms with Gasteiger partial charge in [-0.25, -0.2) is 9.59 Å². The highest BCUT2D eigenvalue weighted by atomic mass is 32.1. The molecule has 1 aliphatic heterocycles. The largest absolute Gasteiger partial charge is 0.465 e. The molecule has 0 spiro atoms. The van der Waals surface area contributed by atoms with Crippen molar-refractivity contribution < 1.29 is 28.5 Å². The zero-order chi connectivity index (χ0) is 16.6. The van der Waals surface area contributed by atoms with Gasteiger partial charge in [-0.05, 0) is 12.1 Å². The van der Waals surface area contributed by atoms with E-state index in [1.165, 1.54) is 20.3 Å². The van der Waals surface area contributed by atoms with Gasteiger partial charge >= 0.3 is 11.9 Å². The number of benzene rings is 1. The van der Waals surface area contributed by atoms with Crippen molar-refractivity contribution >= 4 is 23.3 Å². The van der Waals surface area contributed by atoms with Crippen LogP contribution in [0.15, 0.2) is 18.2 Å². The molecule has 116 valence electrons. The molecule has 1 aromatic heterocycles. The van der Waals surface area contributed by atoms with Gasteiger partial charge in [0.25, 0.3) is 0 Å². The summed E-state index contributed by atoms with van der Waals surface area (Å²) in [7, 11) is 2.45. The van der Waals surface area contributed by atoms with Crippen molar-refractivity contribution in [1.82, 2.24) is 0 Å². The van der Waals surface area contributed by atoms with Gasteiger partial charge < -0.3 is 18.9 Å². The Morgan fingerprint density at radius 2 is 1.61 bits per heavy atom. The van der Waals surface area contributed by atoms with Crippen molar-refractivity contribution in [3.05, 3.63) is 33.5 Å². The van der Waals surface area contributed by atoms with E-state index in [9.17, 15) is 9.59 Å². The van der Waals surface area contributed by atoms with Crippen LogP contribution < -0.4 is 9.47 Å². The van der Waals surface area contributed by atoms with Crippen LogP contribution >= 0.6 is 11.3 Å². The van der Waals surface area contributed by atoms with Gasteiger partial charge in [-0.2, -0.15) is 5.26 Å². The summed E-state index contributed by atoms with van der Waals surface area (Å²) >= 11 is 0.857. The normalized spacial score (nSPS) is 11.2. The van der Waals surface area contributed by atoms with Crippen LogP contribution in [0.25, 0.3) is 0 Å². The lowest BCUT2D eigenvalue weighted by molar-refractivity contribution is 0.0593. The van der Waals surface area contributed by atoms with E-state index in [1.807, 2.05) is 6.07 Å². The molecule has 0 amide bonds. The summed E-state index contributed by atoms with van der Waals surface area (Å²) in [6, 6.07) is 6.57. The zero-order valence-corrected chi connectivity index (χ0v) is 12.9. The highest BCUT2D eigenvalue weighted by molar-refractivity contribution is 7.16. The molecule has 3 rings (SSSR count). The summed E-state index contributed by atoms with van der Waals surface area (Å²) < 4.78 is 20.7. The predicted octanol–water partition coefficient (Wildman–Crippen LogP) is 3.09. The van der Waals surface area contributed by atoms with Crippen molar-refractivity contribution in [2.45, 2.75) is 0 Å². The molecular formula is C15H9NO6S. The molecule has 0 radical (unpaired) electrons. The lowest BCUT2D eigenvalue weighted by atomic mass is 10.2. The lowest BCUT2D eigenvalue weighted by Crippen LogP contribution is -2.05. The van der Waals surface area contributed by atoms with Crippen LogP contribution in [0.3, 0.4) is 0 Å². The summed E-state index contributed by atoms with van der Waals surface area (Å²) in [4.78, 5) is 23.9. The van der Waals surface area contributed by atoms with E-state index >= 15 is 0 Å². The number of thiophene rings is 1. The molecule has 0 fully saturated rings. The van der Waals surface area contributed by atoms with E-state index in [1.54, 1.807) is 12.1 Å². The van der Waals surface area contributed by atoms with E-state index in [-0.39, 0.29) is 27.0 Å². The number of hydrogen-bond donors (Lipinski definition) is 0. The quantitative estimate of drug-likeness (QED) is 0.666. The van der Waals surface area contributed by atoms with Crippen molar-refractivity contribution in [2.24, 2.45) is 0 Å². The van der Waals surface area contributed by atoms with Gasteiger partial charge in [0.15, 0.2) is 32.8 Å². The molecule has 0 saturated carbocycles. The van der Waals surface area contributed by atoms with Gasteiger partial charge in [0.1, 0.15) is 0 Å². The van der Waals surface area contributed by atoms with Gasteiger partial charge in [-0.1, -0.05) is 0 Å². The van der Waals surface area contributed by atoms with Gasteiger partial charge in [0, 0.05) is 6.07 Å². The monoisotopic (exact) mass is 331 g/mol. The van der Waals surface area contributed by atoms with E-state index < -0.39 is 11.9 Å². The number of esters is 2. The minimum atomic E-state index is -0.662. The minimum Gasteiger partial charge on any atom is -0.465 e. The molecule has 0 N–H and O–H groups in total. The van der Waals surface area contributed by atoms with Gasteiger partial charge in [0.05, 0.1) is 25.9 Å². The fourth-order valence-corrected chi connectivity index (χ4v) is 2.99. The molecule has 8 heteroatoms. The third-order valence-electron chi connectivity index (χ3n) is 3.06. The van der Waals surface area contributed by atoms with Crippen LogP contribution in [-0.2, 0) is 9.47 Å². The average molecular weight is 331 g/mol. The number of carbonyl (C=O) groups excluding carboxylic acids is 2. The van der Waals surface area contributed by atoms with E-state index in [2.05, 4.69) is 0 Å². The predicted molar refractivity (Wildman–Crippen MR) is 78.3 cm³/mol. The third kappa shape index (κ3) is 2.37. The number of methoxy groups -OCH3 is 2. The SMILES string of the molecule is COC(=O)c1sc(C(=O)OC)c2c1Oc1ccc(C#N)cc1O2. The molecule has 0 aliphatic carbocycles. The maximum atomic E-state index is 11.9.